The van der Waals surface area contributed by atoms with Gasteiger partial charge in [0.15, 0.2) is 0 Å². The Labute approximate surface area is 240 Å². The predicted octanol–water partition coefficient (Wildman–Crippen LogP) is 5.80. The van der Waals surface area contributed by atoms with Crippen molar-refractivity contribution in [3.8, 4) is 6.01 Å². The standard InChI is InChI=1S/C32H37ClFN5O/c33-26-6-1-4-20-5-2-7-28(29(20)26)38-13-10-25-27(18-38)36-31(37-30(25)21-14-23-8-9-24(15-21)35-23)40-19-32-11-3-12-39(32)17-22(34)16-32/h1-2,4-7,21-24,35H,3,8-19H2/t21-,22-,23-,24+,32+/m1/s1. The minimum Gasteiger partial charge on any atom is -0.461 e. The molecule has 8 rings (SSSR count). The number of anilines is 1. The Morgan fingerprint density at radius 1 is 1.07 bits per heavy atom. The zero-order valence-corrected chi connectivity index (χ0v) is 23.7. The minimum absolute atomic E-state index is 0.210. The average molecular weight is 562 g/mol. The van der Waals surface area contributed by atoms with Crippen molar-refractivity contribution in [1.82, 2.24) is 20.2 Å². The van der Waals surface area contributed by atoms with Gasteiger partial charge in [-0.1, -0.05) is 35.9 Å². The van der Waals surface area contributed by atoms with Crippen LogP contribution in [0.1, 0.15) is 67.8 Å². The van der Waals surface area contributed by atoms with Crippen LogP contribution in [-0.4, -0.2) is 64.9 Å². The lowest BCUT2D eigenvalue weighted by molar-refractivity contribution is 0.106. The average Bonchev–Trinajstić information content (AvgIpc) is 3.61. The van der Waals surface area contributed by atoms with Gasteiger partial charge in [0, 0.05) is 48.6 Å². The Kier molecular flexibility index (Phi) is 6.19. The van der Waals surface area contributed by atoms with Crippen molar-refractivity contribution in [1.29, 1.82) is 0 Å². The number of ether oxygens (including phenoxy) is 1. The molecule has 6 nitrogen and oxygen atoms in total. The number of alkyl halides is 1. The fourth-order valence-corrected chi connectivity index (χ4v) is 8.79. The van der Waals surface area contributed by atoms with Gasteiger partial charge in [0.25, 0.3) is 0 Å². The lowest BCUT2D eigenvalue weighted by Crippen LogP contribution is -2.43. The zero-order chi connectivity index (χ0) is 26.8. The van der Waals surface area contributed by atoms with E-state index >= 15 is 0 Å². The van der Waals surface area contributed by atoms with Gasteiger partial charge in [0.2, 0.25) is 0 Å². The van der Waals surface area contributed by atoms with Gasteiger partial charge in [-0.05, 0) is 74.6 Å². The molecule has 2 bridgehead atoms. The second kappa shape index (κ2) is 9.81. The molecular formula is C32H37ClFN5O. The van der Waals surface area contributed by atoms with Crippen molar-refractivity contribution < 1.29 is 9.13 Å². The Morgan fingerprint density at radius 3 is 2.75 bits per heavy atom. The summed E-state index contributed by atoms with van der Waals surface area (Å²) in [5, 5.41) is 6.81. The van der Waals surface area contributed by atoms with Gasteiger partial charge in [-0.2, -0.15) is 9.97 Å². The fraction of sp³-hybridized carbons (Fsp3) is 0.562. The molecule has 3 aromatic rings. The van der Waals surface area contributed by atoms with Crippen LogP contribution >= 0.6 is 11.6 Å². The monoisotopic (exact) mass is 561 g/mol. The number of hydrogen-bond acceptors (Lipinski definition) is 6. The topological polar surface area (TPSA) is 53.5 Å². The number of benzene rings is 2. The molecule has 210 valence electrons. The summed E-state index contributed by atoms with van der Waals surface area (Å²) in [6.07, 6.45) is 7.56. The van der Waals surface area contributed by atoms with E-state index in [0.717, 1.165) is 72.4 Å². The third kappa shape index (κ3) is 4.27. The third-order valence-corrected chi connectivity index (χ3v) is 10.7. The van der Waals surface area contributed by atoms with Crippen molar-refractivity contribution in [3.05, 3.63) is 58.4 Å². The van der Waals surface area contributed by atoms with Crippen LogP contribution in [0.25, 0.3) is 10.8 Å². The summed E-state index contributed by atoms with van der Waals surface area (Å²) in [4.78, 5) is 14.9. The Bertz CT molecular complexity index is 1440. The molecule has 6 heterocycles. The number of hydrogen-bond donors (Lipinski definition) is 1. The number of fused-ring (bicyclic) bond motifs is 5. The number of nitrogens with one attached hydrogen (secondary N) is 1. The van der Waals surface area contributed by atoms with Crippen LogP contribution in [0.2, 0.25) is 5.02 Å². The second-order valence-corrected chi connectivity index (χ2v) is 13.2. The number of rotatable bonds is 5. The summed E-state index contributed by atoms with van der Waals surface area (Å²) in [6, 6.07) is 14.2. The van der Waals surface area contributed by atoms with Gasteiger partial charge in [0.1, 0.15) is 12.8 Å². The van der Waals surface area contributed by atoms with E-state index in [1.807, 2.05) is 12.1 Å². The van der Waals surface area contributed by atoms with Crippen molar-refractivity contribution in [3.63, 3.8) is 0 Å². The summed E-state index contributed by atoms with van der Waals surface area (Å²) in [6.45, 7) is 3.56. The maximum absolute atomic E-state index is 14.4. The molecular weight excluding hydrogens is 525 g/mol. The van der Waals surface area contributed by atoms with E-state index in [4.69, 9.17) is 26.3 Å². The molecule has 0 aliphatic carbocycles. The minimum atomic E-state index is -0.768. The van der Waals surface area contributed by atoms with E-state index in [-0.39, 0.29) is 5.54 Å². The van der Waals surface area contributed by atoms with E-state index < -0.39 is 6.17 Å². The Hall–Kier alpha value is -2.48. The molecule has 0 radical (unpaired) electrons. The first kappa shape index (κ1) is 25.2. The molecule has 5 atom stereocenters. The summed E-state index contributed by atoms with van der Waals surface area (Å²) >= 11 is 6.72. The SMILES string of the molecule is F[C@H]1CN2CCC[C@@]2(COc2nc3c(c([C@@H]4C[C@H]5CC[C@@H](C4)N5)n2)CCN(c2cccc4cccc(Cl)c24)C3)C1. The number of aromatic nitrogens is 2. The summed E-state index contributed by atoms with van der Waals surface area (Å²) in [5.74, 6) is 0.430. The first-order valence-electron chi connectivity index (χ1n) is 15.1. The number of nitrogens with zero attached hydrogens (tertiary/aromatic N) is 4. The van der Waals surface area contributed by atoms with Gasteiger partial charge in [-0.15, -0.1) is 0 Å². The molecule has 0 unspecified atom stereocenters. The van der Waals surface area contributed by atoms with Crippen LogP contribution in [0.15, 0.2) is 36.4 Å². The number of halogens is 2. The molecule has 0 spiro atoms. The first-order valence-corrected chi connectivity index (χ1v) is 15.5. The Morgan fingerprint density at radius 2 is 1.90 bits per heavy atom. The molecule has 0 saturated carbocycles. The molecule has 8 heteroatoms. The van der Waals surface area contributed by atoms with E-state index in [0.29, 0.717) is 50.1 Å². The summed E-state index contributed by atoms with van der Waals surface area (Å²) in [7, 11) is 0. The van der Waals surface area contributed by atoms with Crippen LogP contribution in [0.4, 0.5) is 10.1 Å². The van der Waals surface area contributed by atoms with E-state index in [1.54, 1.807) is 0 Å². The molecule has 4 saturated heterocycles. The highest BCUT2D eigenvalue weighted by atomic mass is 35.5. The van der Waals surface area contributed by atoms with Gasteiger partial charge < -0.3 is 15.0 Å². The van der Waals surface area contributed by atoms with E-state index in [9.17, 15) is 4.39 Å². The van der Waals surface area contributed by atoms with Gasteiger partial charge in [-0.3, -0.25) is 4.90 Å². The third-order valence-electron chi connectivity index (χ3n) is 10.3. The molecule has 5 aliphatic rings. The van der Waals surface area contributed by atoms with Gasteiger partial charge in [0.05, 0.1) is 28.5 Å². The lowest BCUT2D eigenvalue weighted by Gasteiger charge is -2.35. The maximum Gasteiger partial charge on any atom is 0.316 e. The quantitative estimate of drug-likeness (QED) is 0.425. The highest BCUT2D eigenvalue weighted by molar-refractivity contribution is 6.36. The summed E-state index contributed by atoms with van der Waals surface area (Å²) < 4.78 is 20.9. The van der Waals surface area contributed by atoms with Gasteiger partial charge in [-0.25, -0.2) is 4.39 Å². The molecule has 1 aromatic heterocycles. The lowest BCUT2D eigenvalue weighted by atomic mass is 9.85. The fourth-order valence-electron chi connectivity index (χ4n) is 8.51. The largest absolute Gasteiger partial charge is 0.461 e. The normalized spacial score (nSPS) is 31.5. The van der Waals surface area contributed by atoms with Crippen LogP contribution in [-0.2, 0) is 13.0 Å². The van der Waals surface area contributed by atoms with Crippen LogP contribution < -0.4 is 15.0 Å². The van der Waals surface area contributed by atoms with Crippen LogP contribution in [0.3, 0.4) is 0 Å². The highest BCUT2D eigenvalue weighted by Crippen LogP contribution is 2.43. The highest BCUT2D eigenvalue weighted by Gasteiger charge is 2.49. The molecule has 1 N–H and O–H groups in total. The van der Waals surface area contributed by atoms with E-state index in [1.165, 1.54) is 24.1 Å². The predicted molar refractivity (Wildman–Crippen MR) is 156 cm³/mol. The molecule has 4 fully saturated rings. The van der Waals surface area contributed by atoms with Crippen molar-refractivity contribution in [2.24, 2.45) is 0 Å². The summed E-state index contributed by atoms with van der Waals surface area (Å²) in [5.41, 5.74) is 4.52. The molecule has 5 aliphatic heterocycles. The smallest absolute Gasteiger partial charge is 0.316 e. The second-order valence-electron chi connectivity index (χ2n) is 12.8. The number of piperidine rings is 1. The molecule has 0 amide bonds. The zero-order valence-electron chi connectivity index (χ0n) is 22.9. The van der Waals surface area contributed by atoms with Crippen molar-refractivity contribution in [2.75, 3.05) is 31.1 Å². The van der Waals surface area contributed by atoms with E-state index in [2.05, 4.69) is 39.4 Å². The maximum atomic E-state index is 14.4. The van der Waals surface area contributed by atoms with Crippen molar-refractivity contribution in [2.45, 2.75) is 87.6 Å². The van der Waals surface area contributed by atoms with Crippen LogP contribution in [0.5, 0.6) is 6.01 Å². The molecule has 40 heavy (non-hydrogen) atoms. The molecule has 2 aromatic carbocycles. The Balaban J connectivity index is 1.14. The van der Waals surface area contributed by atoms with Crippen LogP contribution in [0, 0.1) is 0 Å². The first-order chi connectivity index (χ1) is 19.5. The van der Waals surface area contributed by atoms with Crippen molar-refractivity contribution >= 4 is 28.1 Å². The van der Waals surface area contributed by atoms with Gasteiger partial charge >= 0.3 is 6.01 Å².